The zero-order chi connectivity index (χ0) is 18.2. The largest absolute Gasteiger partial charge is 0.481 e. The summed E-state index contributed by atoms with van der Waals surface area (Å²) in [4.78, 5) is 14.9. The molecule has 140 valence electrons. The van der Waals surface area contributed by atoms with Crippen molar-refractivity contribution in [2.24, 2.45) is 0 Å². The third-order valence-electron chi connectivity index (χ3n) is 5.06. The summed E-state index contributed by atoms with van der Waals surface area (Å²) in [6.45, 7) is 6.18. The first-order valence-corrected chi connectivity index (χ1v) is 9.92. The van der Waals surface area contributed by atoms with Crippen LogP contribution in [0, 0.1) is 0 Å². The number of ether oxygens (including phenoxy) is 1. The predicted octanol–water partition coefficient (Wildman–Crippen LogP) is 3.99. The lowest BCUT2D eigenvalue weighted by Crippen LogP contribution is -2.39. The quantitative estimate of drug-likeness (QED) is 0.729. The molecule has 1 heterocycles. The average molecular weight is 354 g/mol. The first-order valence-electron chi connectivity index (χ1n) is 9.92. The van der Waals surface area contributed by atoms with E-state index < -0.39 is 6.10 Å². The summed E-state index contributed by atoms with van der Waals surface area (Å²) in [6, 6.07) is 14.1. The first kappa shape index (κ1) is 18.7. The molecule has 0 unspecified atom stereocenters. The number of hydrogen-bond donors (Lipinski definition) is 1. The van der Waals surface area contributed by atoms with Crippen LogP contribution in [0.1, 0.15) is 39.0 Å². The van der Waals surface area contributed by atoms with Gasteiger partial charge in [0.1, 0.15) is 5.75 Å². The van der Waals surface area contributed by atoms with Gasteiger partial charge in [0.05, 0.1) is 0 Å². The van der Waals surface area contributed by atoms with Gasteiger partial charge in [-0.05, 0) is 68.2 Å². The number of piperidine rings is 1. The Morgan fingerprint density at radius 1 is 1.12 bits per heavy atom. The van der Waals surface area contributed by atoms with Crippen molar-refractivity contribution < 1.29 is 9.53 Å². The highest BCUT2D eigenvalue weighted by atomic mass is 16.5. The smallest absolute Gasteiger partial charge is 0.261 e. The van der Waals surface area contributed by atoms with Crippen LogP contribution in [0.4, 0.5) is 0 Å². The fourth-order valence-corrected chi connectivity index (χ4v) is 3.54. The van der Waals surface area contributed by atoms with Gasteiger partial charge < -0.3 is 15.0 Å². The van der Waals surface area contributed by atoms with Crippen LogP contribution < -0.4 is 10.1 Å². The second-order valence-electron chi connectivity index (χ2n) is 7.07. The Morgan fingerprint density at radius 3 is 2.65 bits per heavy atom. The van der Waals surface area contributed by atoms with Crippen LogP contribution in [-0.4, -0.2) is 43.1 Å². The molecule has 1 N–H and O–H groups in total. The van der Waals surface area contributed by atoms with Crippen molar-refractivity contribution in [3.8, 4) is 5.75 Å². The number of rotatable bonds is 8. The van der Waals surface area contributed by atoms with Crippen molar-refractivity contribution >= 4 is 16.7 Å². The number of benzene rings is 2. The van der Waals surface area contributed by atoms with E-state index in [0.29, 0.717) is 13.0 Å². The maximum atomic E-state index is 12.4. The van der Waals surface area contributed by atoms with Gasteiger partial charge in [-0.1, -0.05) is 43.7 Å². The predicted molar refractivity (Wildman–Crippen MR) is 107 cm³/mol. The van der Waals surface area contributed by atoms with Crippen molar-refractivity contribution in [1.82, 2.24) is 10.2 Å². The standard InChI is InChI=1S/C22H30N2O2/c1-2-21(22(25)23-13-8-16-24-14-6-3-7-15-24)26-20-12-11-18-9-4-5-10-19(18)17-20/h4-5,9-12,17,21H,2-3,6-8,13-16H2,1H3,(H,23,25)/t21-/m0/s1. The molecule has 2 aromatic rings. The van der Waals surface area contributed by atoms with Crippen molar-refractivity contribution in [2.45, 2.75) is 45.1 Å². The fraction of sp³-hybridized carbons (Fsp3) is 0.500. The first-order chi connectivity index (χ1) is 12.8. The third-order valence-corrected chi connectivity index (χ3v) is 5.06. The Kier molecular flexibility index (Phi) is 6.89. The number of carbonyl (C=O) groups excluding carboxylic acids is 1. The lowest BCUT2D eigenvalue weighted by atomic mass is 10.1. The van der Waals surface area contributed by atoms with E-state index in [9.17, 15) is 4.79 Å². The molecule has 0 aromatic heterocycles. The van der Waals surface area contributed by atoms with Gasteiger partial charge in [-0.3, -0.25) is 4.79 Å². The van der Waals surface area contributed by atoms with Crippen molar-refractivity contribution in [3.63, 3.8) is 0 Å². The van der Waals surface area contributed by atoms with Gasteiger partial charge in [-0.2, -0.15) is 0 Å². The van der Waals surface area contributed by atoms with Crippen LogP contribution >= 0.6 is 0 Å². The summed E-state index contributed by atoms with van der Waals surface area (Å²) < 4.78 is 5.96. The Balaban J connectivity index is 1.46. The van der Waals surface area contributed by atoms with Crippen LogP contribution in [0.2, 0.25) is 0 Å². The molecule has 0 saturated carbocycles. The van der Waals surface area contributed by atoms with E-state index in [1.165, 1.54) is 37.7 Å². The molecule has 4 heteroatoms. The molecular formula is C22H30N2O2. The Morgan fingerprint density at radius 2 is 1.88 bits per heavy atom. The SMILES string of the molecule is CC[C@H](Oc1ccc2ccccc2c1)C(=O)NCCCN1CCCCC1. The lowest BCUT2D eigenvalue weighted by molar-refractivity contribution is -0.128. The molecule has 0 radical (unpaired) electrons. The Bertz CT molecular complexity index is 710. The molecule has 1 aliphatic heterocycles. The van der Waals surface area contributed by atoms with Crippen LogP contribution in [0.5, 0.6) is 5.75 Å². The molecule has 0 aliphatic carbocycles. The second kappa shape index (κ2) is 9.58. The number of carbonyl (C=O) groups is 1. The minimum Gasteiger partial charge on any atom is -0.481 e. The number of nitrogens with zero attached hydrogens (tertiary/aromatic N) is 1. The average Bonchev–Trinajstić information content (AvgIpc) is 2.70. The molecule has 1 atom stereocenters. The zero-order valence-electron chi connectivity index (χ0n) is 15.7. The molecule has 1 saturated heterocycles. The van der Waals surface area contributed by atoms with Gasteiger partial charge in [0.2, 0.25) is 0 Å². The Labute approximate surface area is 156 Å². The van der Waals surface area contributed by atoms with E-state index >= 15 is 0 Å². The van der Waals surface area contributed by atoms with Gasteiger partial charge in [-0.25, -0.2) is 0 Å². The maximum absolute atomic E-state index is 12.4. The lowest BCUT2D eigenvalue weighted by Gasteiger charge is -2.26. The van der Waals surface area contributed by atoms with E-state index in [0.717, 1.165) is 24.1 Å². The summed E-state index contributed by atoms with van der Waals surface area (Å²) in [6.07, 6.45) is 5.19. The fourth-order valence-electron chi connectivity index (χ4n) is 3.54. The highest BCUT2D eigenvalue weighted by Gasteiger charge is 2.18. The summed E-state index contributed by atoms with van der Waals surface area (Å²) in [5.74, 6) is 0.735. The topological polar surface area (TPSA) is 41.6 Å². The van der Waals surface area contributed by atoms with E-state index in [-0.39, 0.29) is 5.91 Å². The minimum absolute atomic E-state index is 0.0145. The Hall–Kier alpha value is -2.07. The molecule has 0 spiro atoms. The van der Waals surface area contributed by atoms with Gasteiger partial charge in [0.15, 0.2) is 6.10 Å². The molecule has 2 aromatic carbocycles. The number of nitrogens with one attached hydrogen (secondary N) is 1. The minimum atomic E-state index is -0.439. The second-order valence-corrected chi connectivity index (χ2v) is 7.07. The molecule has 4 nitrogen and oxygen atoms in total. The van der Waals surface area contributed by atoms with Gasteiger partial charge in [-0.15, -0.1) is 0 Å². The van der Waals surface area contributed by atoms with Crippen molar-refractivity contribution in [2.75, 3.05) is 26.2 Å². The molecule has 1 amide bonds. The molecule has 1 fully saturated rings. The van der Waals surface area contributed by atoms with Gasteiger partial charge in [0.25, 0.3) is 5.91 Å². The van der Waals surface area contributed by atoms with E-state index in [1.807, 2.05) is 37.3 Å². The van der Waals surface area contributed by atoms with Gasteiger partial charge in [0, 0.05) is 6.54 Å². The summed E-state index contributed by atoms with van der Waals surface area (Å²) in [5, 5.41) is 5.34. The summed E-state index contributed by atoms with van der Waals surface area (Å²) in [5.41, 5.74) is 0. The van der Waals surface area contributed by atoms with Crippen molar-refractivity contribution in [1.29, 1.82) is 0 Å². The monoisotopic (exact) mass is 354 g/mol. The van der Waals surface area contributed by atoms with Crippen LogP contribution in [-0.2, 0) is 4.79 Å². The van der Waals surface area contributed by atoms with Crippen LogP contribution in [0.25, 0.3) is 10.8 Å². The maximum Gasteiger partial charge on any atom is 0.261 e. The number of fused-ring (bicyclic) bond motifs is 1. The number of likely N-dealkylation sites (tertiary alicyclic amines) is 1. The van der Waals surface area contributed by atoms with Crippen LogP contribution in [0.3, 0.4) is 0 Å². The number of amides is 1. The molecular weight excluding hydrogens is 324 g/mol. The molecule has 0 bridgehead atoms. The van der Waals surface area contributed by atoms with Crippen LogP contribution in [0.15, 0.2) is 42.5 Å². The zero-order valence-corrected chi connectivity index (χ0v) is 15.7. The number of hydrogen-bond acceptors (Lipinski definition) is 3. The van der Waals surface area contributed by atoms with Gasteiger partial charge >= 0.3 is 0 Å². The molecule has 26 heavy (non-hydrogen) atoms. The van der Waals surface area contributed by atoms with E-state index in [4.69, 9.17) is 4.74 Å². The highest BCUT2D eigenvalue weighted by Crippen LogP contribution is 2.22. The van der Waals surface area contributed by atoms with E-state index in [1.54, 1.807) is 0 Å². The summed E-state index contributed by atoms with van der Waals surface area (Å²) in [7, 11) is 0. The molecule has 1 aliphatic rings. The molecule has 3 rings (SSSR count). The summed E-state index contributed by atoms with van der Waals surface area (Å²) >= 11 is 0. The highest BCUT2D eigenvalue weighted by molar-refractivity contribution is 5.84. The third kappa shape index (κ3) is 5.21. The van der Waals surface area contributed by atoms with E-state index in [2.05, 4.69) is 22.3 Å². The van der Waals surface area contributed by atoms with Crippen molar-refractivity contribution in [3.05, 3.63) is 42.5 Å². The normalized spacial score (nSPS) is 16.3.